The molecule has 1 aromatic heterocycles. The van der Waals surface area contributed by atoms with E-state index in [2.05, 4.69) is 10.3 Å². The van der Waals surface area contributed by atoms with Crippen molar-refractivity contribution in [3.8, 4) is 0 Å². The number of nitrogens with one attached hydrogen (secondary N) is 1. The molecule has 2 fully saturated rings. The van der Waals surface area contributed by atoms with E-state index in [1.165, 1.54) is 4.90 Å². The van der Waals surface area contributed by atoms with E-state index >= 15 is 0 Å². The molecular weight excluding hydrogens is 273 g/mol. The Morgan fingerprint density at radius 1 is 1.48 bits per heavy atom. The maximum absolute atomic E-state index is 13.5. The molecule has 2 aliphatic rings. The summed E-state index contributed by atoms with van der Waals surface area (Å²) in [6.07, 6.45) is 1.43. The van der Waals surface area contributed by atoms with Crippen LogP contribution in [-0.4, -0.2) is 46.5 Å². The van der Waals surface area contributed by atoms with Crippen molar-refractivity contribution in [2.45, 2.75) is 44.4 Å². The van der Waals surface area contributed by atoms with Crippen molar-refractivity contribution in [2.24, 2.45) is 0 Å². The van der Waals surface area contributed by atoms with Gasteiger partial charge < -0.3 is 10.2 Å². The van der Waals surface area contributed by atoms with E-state index in [4.69, 9.17) is 0 Å². The highest BCUT2D eigenvalue weighted by Crippen LogP contribution is 2.26. The van der Waals surface area contributed by atoms with E-state index in [0.29, 0.717) is 6.42 Å². The van der Waals surface area contributed by atoms with Gasteiger partial charge in [-0.25, -0.2) is 4.39 Å². The SMILES string of the molecule is Cc1cccnc1CC1NC(=O)C[C@@H]2C[C@@H](F)CN2C1=O. The third-order valence-electron chi connectivity index (χ3n) is 4.22. The summed E-state index contributed by atoms with van der Waals surface area (Å²) in [6.45, 7) is 2.01. The van der Waals surface area contributed by atoms with Crippen LogP contribution in [0.3, 0.4) is 0 Å². The number of nitrogens with zero attached hydrogens (tertiary/aromatic N) is 2. The van der Waals surface area contributed by atoms with Gasteiger partial charge in [0.15, 0.2) is 0 Å². The molecule has 112 valence electrons. The van der Waals surface area contributed by atoms with Crippen LogP contribution in [0.5, 0.6) is 0 Å². The number of aryl methyl sites for hydroxylation is 1. The normalized spacial score (nSPS) is 29.0. The first kappa shape index (κ1) is 14.0. The summed E-state index contributed by atoms with van der Waals surface area (Å²) in [6, 6.07) is 2.79. The fourth-order valence-electron chi connectivity index (χ4n) is 3.12. The summed E-state index contributed by atoms with van der Waals surface area (Å²) >= 11 is 0. The minimum atomic E-state index is -1.03. The lowest BCUT2D eigenvalue weighted by Crippen LogP contribution is -2.46. The summed E-state index contributed by atoms with van der Waals surface area (Å²) < 4.78 is 13.5. The van der Waals surface area contributed by atoms with Gasteiger partial charge in [-0.3, -0.25) is 14.6 Å². The second-order valence-electron chi connectivity index (χ2n) is 5.77. The van der Waals surface area contributed by atoms with Crippen molar-refractivity contribution in [1.82, 2.24) is 15.2 Å². The van der Waals surface area contributed by atoms with Crippen molar-refractivity contribution in [2.75, 3.05) is 6.54 Å². The zero-order chi connectivity index (χ0) is 15.0. The summed E-state index contributed by atoms with van der Waals surface area (Å²) in [5.41, 5.74) is 1.76. The number of carbonyl (C=O) groups excluding carboxylic acids is 2. The van der Waals surface area contributed by atoms with Crippen LogP contribution in [0.1, 0.15) is 24.1 Å². The fourth-order valence-corrected chi connectivity index (χ4v) is 3.12. The zero-order valence-corrected chi connectivity index (χ0v) is 11.9. The molecule has 3 heterocycles. The molecule has 0 bridgehead atoms. The third-order valence-corrected chi connectivity index (χ3v) is 4.22. The van der Waals surface area contributed by atoms with Crippen molar-refractivity contribution in [1.29, 1.82) is 0 Å². The van der Waals surface area contributed by atoms with Gasteiger partial charge in [0.2, 0.25) is 11.8 Å². The molecule has 2 aliphatic heterocycles. The Bertz CT molecular complexity index is 578. The molecular formula is C15H18FN3O2. The molecule has 1 unspecified atom stereocenters. The second-order valence-corrected chi connectivity index (χ2v) is 5.77. The van der Waals surface area contributed by atoms with Crippen LogP contribution in [0.15, 0.2) is 18.3 Å². The minimum Gasteiger partial charge on any atom is -0.344 e. The predicted molar refractivity (Wildman–Crippen MR) is 74.2 cm³/mol. The number of pyridine rings is 1. The molecule has 0 aromatic carbocycles. The van der Waals surface area contributed by atoms with Gasteiger partial charge in [-0.2, -0.15) is 0 Å². The molecule has 2 amide bonds. The summed E-state index contributed by atoms with van der Waals surface area (Å²) in [5.74, 6) is -0.389. The highest BCUT2D eigenvalue weighted by molar-refractivity contribution is 5.91. The third kappa shape index (κ3) is 2.75. The first-order valence-electron chi connectivity index (χ1n) is 7.19. The molecule has 3 atom stereocenters. The summed E-state index contributed by atoms with van der Waals surface area (Å²) in [5, 5.41) is 2.76. The van der Waals surface area contributed by atoms with Crippen LogP contribution in [0, 0.1) is 6.92 Å². The molecule has 21 heavy (non-hydrogen) atoms. The predicted octanol–water partition coefficient (Wildman–Crippen LogP) is 0.760. The summed E-state index contributed by atoms with van der Waals surface area (Å²) in [4.78, 5) is 30.3. The first-order valence-corrected chi connectivity index (χ1v) is 7.19. The van der Waals surface area contributed by atoms with Crippen molar-refractivity contribution < 1.29 is 14.0 Å². The van der Waals surface area contributed by atoms with Gasteiger partial charge in [-0.15, -0.1) is 0 Å². The van der Waals surface area contributed by atoms with Gasteiger partial charge in [0, 0.05) is 37.2 Å². The van der Waals surface area contributed by atoms with Crippen molar-refractivity contribution in [3.05, 3.63) is 29.6 Å². The van der Waals surface area contributed by atoms with E-state index < -0.39 is 12.2 Å². The Kier molecular flexibility index (Phi) is 3.61. The molecule has 1 N–H and O–H groups in total. The first-order chi connectivity index (χ1) is 10.0. The number of hydrogen-bond acceptors (Lipinski definition) is 3. The van der Waals surface area contributed by atoms with Gasteiger partial charge >= 0.3 is 0 Å². The van der Waals surface area contributed by atoms with E-state index in [0.717, 1.165) is 11.3 Å². The smallest absolute Gasteiger partial charge is 0.245 e. The maximum atomic E-state index is 13.5. The summed E-state index contributed by atoms with van der Waals surface area (Å²) in [7, 11) is 0. The highest BCUT2D eigenvalue weighted by Gasteiger charge is 2.42. The Balaban J connectivity index is 1.83. The Morgan fingerprint density at radius 2 is 2.29 bits per heavy atom. The van der Waals surface area contributed by atoms with Gasteiger partial charge in [0.1, 0.15) is 12.2 Å². The van der Waals surface area contributed by atoms with Crippen LogP contribution in [0.2, 0.25) is 0 Å². The highest BCUT2D eigenvalue weighted by atomic mass is 19.1. The Morgan fingerprint density at radius 3 is 3.05 bits per heavy atom. The maximum Gasteiger partial charge on any atom is 0.245 e. The average molecular weight is 291 g/mol. The van der Waals surface area contributed by atoms with E-state index in [9.17, 15) is 14.0 Å². The molecule has 3 rings (SSSR count). The number of carbonyl (C=O) groups is 2. The van der Waals surface area contributed by atoms with Gasteiger partial charge in [0.05, 0.1) is 6.54 Å². The van der Waals surface area contributed by atoms with Crippen LogP contribution in [0.25, 0.3) is 0 Å². The van der Waals surface area contributed by atoms with E-state index in [1.54, 1.807) is 6.20 Å². The Hall–Kier alpha value is -1.98. The number of rotatable bonds is 2. The quantitative estimate of drug-likeness (QED) is 0.875. The number of fused-ring (bicyclic) bond motifs is 1. The molecule has 1 aromatic rings. The topological polar surface area (TPSA) is 62.3 Å². The fraction of sp³-hybridized carbons (Fsp3) is 0.533. The lowest BCUT2D eigenvalue weighted by Gasteiger charge is -2.24. The van der Waals surface area contributed by atoms with Crippen molar-refractivity contribution in [3.63, 3.8) is 0 Å². The molecule has 2 saturated heterocycles. The number of aromatic nitrogens is 1. The number of hydrogen-bond donors (Lipinski definition) is 1. The monoisotopic (exact) mass is 291 g/mol. The molecule has 5 nitrogen and oxygen atoms in total. The second kappa shape index (κ2) is 5.42. The van der Waals surface area contributed by atoms with Crippen LogP contribution < -0.4 is 5.32 Å². The molecule has 0 aliphatic carbocycles. The number of amides is 2. The van der Waals surface area contributed by atoms with E-state index in [1.807, 2.05) is 19.1 Å². The largest absolute Gasteiger partial charge is 0.344 e. The number of halogens is 1. The van der Waals surface area contributed by atoms with Crippen LogP contribution >= 0.6 is 0 Å². The van der Waals surface area contributed by atoms with Crippen LogP contribution in [-0.2, 0) is 16.0 Å². The molecule has 6 heteroatoms. The van der Waals surface area contributed by atoms with Gasteiger partial charge in [-0.1, -0.05) is 6.07 Å². The average Bonchev–Trinajstić information content (AvgIpc) is 2.75. The lowest BCUT2D eigenvalue weighted by molar-refractivity contribution is -0.134. The molecule has 0 saturated carbocycles. The standard InChI is InChI=1S/C15H18FN3O2/c1-9-3-2-4-17-12(9)7-13-15(21)19-8-10(16)5-11(19)6-14(20)18-13/h2-4,10-11,13H,5-8H2,1H3,(H,18,20)/t10-,11+,13?/m1/s1. The molecule has 0 radical (unpaired) electrons. The van der Waals surface area contributed by atoms with Gasteiger partial charge in [-0.05, 0) is 18.6 Å². The van der Waals surface area contributed by atoms with Gasteiger partial charge in [0.25, 0.3) is 0 Å². The zero-order valence-electron chi connectivity index (χ0n) is 11.9. The molecule has 0 spiro atoms. The number of alkyl halides is 1. The minimum absolute atomic E-state index is 0.0934. The van der Waals surface area contributed by atoms with Crippen molar-refractivity contribution >= 4 is 11.8 Å². The Labute approximate surface area is 122 Å². The van der Waals surface area contributed by atoms with E-state index in [-0.39, 0.29) is 37.2 Å². The van der Waals surface area contributed by atoms with Crippen LogP contribution in [0.4, 0.5) is 4.39 Å². The lowest BCUT2D eigenvalue weighted by atomic mass is 10.1.